The first-order valence-corrected chi connectivity index (χ1v) is 14.0. The van der Waals surface area contributed by atoms with Gasteiger partial charge in [-0.25, -0.2) is 4.39 Å². The van der Waals surface area contributed by atoms with E-state index in [2.05, 4.69) is 10.2 Å². The average Bonchev–Trinajstić information content (AvgIpc) is 3.23. The van der Waals surface area contributed by atoms with Crippen molar-refractivity contribution in [1.82, 2.24) is 15.1 Å². The number of carbonyl (C=O) groups is 2. The molecule has 4 bridgehead atoms. The van der Waals surface area contributed by atoms with Crippen LogP contribution in [-0.2, 0) is 16.0 Å². The van der Waals surface area contributed by atoms with Crippen LogP contribution in [0.2, 0.25) is 0 Å². The van der Waals surface area contributed by atoms with Crippen molar-refractivity contribution in [3.8, 4) is 5.75 Å². The van der Waals surface area contributed by atoms with Crippen molar-refractivity contribution in [2.45, 2.75) is 81.7 Å². The number of amides is 2. The number of benzene rings is 1. The van der Waals surface area contributed by atoms with Gasteiger partial charge in [0.1, 0.15) is 11.6 Å². The Bertz CT molecular complexity index is 986. The number of rotatable bonds is 7. The minimum absolute atomic E-state index is 0.0186. The first kappa shape index (κ1) is 24.2. The zero-order valence-corrected chi connectivity index (χ0v) is 21.6. The van der Waals surface area contributed by atoms with Crippen molar-refractivity contribution in [3.05, 3.63) is 29.6 Å². The first-order chi connectivity index (χ1) is 17.4. The van der Waals surface area contributed by atoms with Crippen LogP contribution in [0.15, 0.2) is 18.2 Å². The Morgan fingerprint density at radius 3 is 2.33 bits per heavy atom. The summed E-state index contributed by atoms with van der Waals surface area (Å²) in [5, 5.41) is 3.09. The molecular weight excluding hydrogens is 457 g/mol. The van der Waals surface area contributed by atoms with Gasteiger partial charge in [0, 0.05) is 50.1 Å². The number of carbonyl (C=O) groups excluding carboxylic acids is 2. The molecule has 1 unspecified atom stereocenters. The van der Waals surface area contributed by atoms with Gasteiger partial charge < -0.3 is 15.0 Å². The maximum Gasteiger partial charge on any atom is 0.222 e. The molecular formula is C29H40FN3O3. The van der Waals surface area contributed by atoms with Crippen LogP contribution in [0.3, 0.4) is 0 Å². The van der Waals surface area contributed by atoms with Gasteiger partial charge in [0.2, 0.25) is 11.8 Å². The number of hydrogen-bond donors (Lipinski definition) is 1. The van der Waals surface area contributed by atoms with E-state index < -0.39 is 5.54 Å². The second-order valence-corrected chi connectivity index (χ2v) is 12.5. The highest BCUT2D eigenvalue weighted by atomic mass is 19.1. The van der Waals surface area contributed by atoms with Crippen LogP contribution >= 0.6 is 0 Å². The molecule has 0 aromatic heterocycles. The fraction of sp³-hybridized carbons (Fsp3) is 0.724. The van der Waals surface area contributed by atoms with E-state index >= 15 is 0 Å². The smallest absolute Gasteiger partial charge is 0.222 e. The summed E-state index contributed by atoms with van der Waals surface area (Å²) in [6.45, 7) is 3.55. The predicted octanol–water partition coefficient (Wildman–Crippen LogP) is 3.92. The molecule has 1 atom stereocenters. The maximum atomic E-state index is 14.6. The summed E-state index contributed by atoms with van der Waals surface area (Å²) in [7, 11) is 1.56. The number of ether oxygens (including phenoxy) is 1. The fourth-order valence-corrected chi connectivity index (χ4v) is 8.75. The zero-order chi connectivity index (χ0) is 24.9. The van der Waals surface area contributed by atoms with Crippen molar-refractivity contribution in [3.63, 3.8) is 0 Å². The van der Waals surface area contributed by atoms with E-state index in [1.54, 1.807) is 19.2 Å². The number of nitrogens with one attached hydrogen (secondary N) is 1. The fourth-order valence-electron chi connectivity index (χ4n) is 8.75. The summed E-state index contributed by atoms with van der Waals surface area (Å²) >= 11 is 0. The lowest BCUT2D eigenvalue weighted by molar-refractivity contribution is -0.139. The second kappa shape index (κ2) is 9.30. The monoisotopic (exact) mass is 497 g/mol. The number of hydrogen-bond acceptors (Lipinski definition) is 4. The Morgan fingerprint density at radius 2 is 1.75 bits per heavy atom. The molecule has 1 aromatic carbocycles. The molecule has 6 nitrogen and oxygen atoms in total. The third kappa shape index (κ3) is 4.52. The molecule has 36 heavy (non-hydrogen) atoms. The van der Waals surface area contributed by atoms with Crippen molar-refractivity contribution >= 4 is 11.8 Å². The van der Waals surface area contributed by atoms with Gasteiger partial charge in [0.05, 0.1) is 7.11 Å². The van der Waals surface area contributed by atoms with Crippen molar-refractivity contribution in [2.24, 2.45) is 17.8 Å². The third-order valence-electron chi connectivity index (χ3n) is 10.1. The van der Waals surface area contributed by atoms with Crippen molar-refractivity contribution < 1.29 is 18.7 Å². The third-order valence-corrected chi connectivity index (χ3v) is 10.1. The summed E-state index contributed by atoms with van der Waals surface area (Å²) in [6, 6.07) is 4.71. The van der Waals surface area contributed by atoms with Gasteiger partial charge in [-0.1, -0.05) is 0 Å². The summed E-state index contributed by atoms with van der Waals surface area (Å²) in [6.07, 6.45) is 10.8. The number of methoxy groups -OCH3 is 1. The Labute approximate surface area is 213 Å². The summed E-state index contributed by atoms with van der Waals surface area (Å²) in [4.78, 5) is 30.2. The van der Waals surface area contributed by atoms with E-state index in [-0.39, 0.29) is 17.6 Å². The van der Waals surface area contributed by atoms with E-state index in [9.17, 15) is 14.0 Å². The van der Waals surface area contributed by atoms with Gasteiger partial charge in [-0.3, -0.25) is 14.5 Å². The molecule has 2 amide bonds. The highest BCUT2D eigenvalue weighted by Gasteiger charge is 2.53. The van der Waals surface area contributed by atoms with E-state index in [0.29, 0.717) is 49.0 Å². The normalized spacial score (nSPS) is 35.8. The molecule has 4 saturated carbocycles. The second-order valence-electron chi connectivity index (χ2n) is 12.5. The molecule has 6 fully saturated rings. The lowest BCUT2D eigenvalue weighted by Gasteiger charge is -2.61. The highest BCUT2D eigenvalue weighted by Crippen LogP contribution is 2.57. The minimum atomic E-state index is -0.582. The Hall–Kier alpha value is -2.15. The molecule has 4 aliphatic carbocycles. The zero-order valence-electron chi connectivity index (χ0n) is 21.6. The minimum Gasteiger partial charge on any atom is -0.497 e. The number of halogens is 1. The van der Waals surface area contributed by atoms with E-state index in [1.165, 1.54) is 44.6 Å². The van der Waals surface area contributed by atoms with Crippen LogP contribution in [0.1, 0.15) is 69.8 Å². The van der Waals surface area contributed by atoms with Crippen LogP contribution in [0.4, 0.5) is 4.39 Å². The average molecular weight is 498 g/mol. The van der Waals surface area contributed by atoms with Crippen LogP contribution in [0.25, 0.3) is 0 Å². The van der Waals surface area contributed by atoms with Crippen molar-refractivity contribution in [2.75, 3.05) is 33.3 Å². The largest absolute Gasteiger partial charge is 0.497 e. The van der Waals surface area contributed by atoms with Crippen molar-refractivity contribution in [1.29, 1.82) is 0 Å². The number of nitrogens with zero attached hydrogens (tertiary/aromatic N) is 2. The van der Waals surface area contributed by atoms with Gasteiger partial charge in [-0.2, -0.15) is 0 Å². The van der Waals surface area contributed by atoms with Gasteiger partial charge in [-0.05, 0) is 99.3 Å². The van der Waals surface area contributed by atoms with Gasteiger partial charge >= 0.3 is 0 Å². The topological polar surface area (TPSA) is 61.9 Å². The lowest BCUT2D eigenvalue weighted by atomic mass is 9.52. The molecule has 0 radical (unpaired) electrons. The summed E-state index contributed by atoms with van der Waals surface area (Å²) in [5.41, 5.74) is 0.345. The van der Waals surface area contributed by atoms with Gasteiger partial charge in [0.25, 0.3) is 0 Å². The first-order valence-electron chi connectivity index (χ1n) is 14.0. The molecule has 0 spiro atoms. The van der Waals surface area contributed by atoms with E-state index in [1.807, 2.05) is 4.90 Å². The predicted molar refractivity (Wildman–Crippen MR) is 135 cm³/mol. The Morgan fingerprint density at radius 1 is 1.08 bits per heavy atom. The van der Waals surface area contributed by atoms with Crippen LogP contribution in [0.5, 0.6) is 5.75 Å². The van der Waals surface area contributed by atoms with Gasteiger partial charge in [-0.15, -0.1) is 0 Å². The molecule has 2 saturated heterocycles. The maximum absolute atomic E-state index is 14.6. The molecule has 1 N–H and O–H groups in total. The molecule has 2 aliphatic heterocycles. The standard InChI is InChI=1S/C29H40FN3O3/c1-36-24-2-3-25(30)23(15-24)19-28(6-4-26(34)31-28)7-5-27(35)32-8-10-33(11-9-32)29-16-20-12-21(17-29)14-22(13-20)18-29/h2-3,15,20-22H,4-14,16-19H2,1H3,(H,31,34). The SMILES string of the molecule is COc1ccc(F)c(CC2(CCC(=O)N3CCN(C45CC6CC(CC(C6)C4)C5)CC3)CCC(=O)N2)c1. The van der Waals surface area contributed by atoms with E-state index in [0.717, 1.165) is 43.9 Å². The van der Waals surface area contributed by atoms with Crippen LogP contribution in [0, 0.1) is 23.6 Å². The highest BCUT2D eigenvalue weighted by molar-refractivity contribution is 5.80. The Balaban J connectivity index is 1.06. The van der Waals surface area contributed by atoms with Crippen LogP contribution in [-0.4, -0.2) is 66.0 Å². The molecule has 196 valence electrons. The molecule has 7 rings (SSSR count). The lowest BCUT2D eigenvalue weighted by Crippen LogP contribution is -2.64. The Kier molecular flexibility index (Phi) is 6.25. The molecule has 6 aliphatic rings. The van der Waals surface area contributed by atoms with Crippen LogP contribution < -0.4 is 10.1 Å². The quantitative estimate of drug-likeness (QED) is 0.620. The molecule has 1 aromatic rings. The summed E-state index contributed by atoms with van der Waals surface area (Å²) in [5.74, 6) is 3.23. The van der Waals surface area contributed by atoms with E-state index in [4.69, 9.17) is 4.74 Å². The molecule has 2 heterocycles. The number of piperazine rings is 1. The molecule has 7 heteroatoms. The van der Waals surface area contributed by atoms with Gasteiger partial charge in [0.15, 0.2) is 0 Å². The summed E-state index contributed by atoms with van der Waals surface area (Å²) < 4.78 is 19.8.